The molecule has 1 unspecified atom stereocenters. The van der Waals surface area contributed by atoms with Crippen molar-refractivity contribution in [2.75, 3.05) is 25.9 Å². The van der Waals surface area contributed by atoms with E-state index in [1.807, 2.05) is 43.5 Å². The summed E-state index contributed by atoms with van der Waals surface area (Å²) in [6.07, 6.45) is 1.94. The average molecular weight is 337 g/mol. The van der Waals surface area contributed by atoms with Gasteiger partial charge in [0.1, 0.15) is 5.60 Å². The molecule has 1 aromatic carbocycles. The standard InChI is InChI=1S/C18H28N2O2S/c1-14-13-19(16(23-5)15-9-7-6-8-10-15)11-12-20(14)17(21)22-18(2,3)4/h6-10,14,16H,11-13H2,1-5H3/t14-,16?/m1/s1. The largest absolute Gasteiger partial charge is 0.444 e. The third kappa shape index (κ3) is 4.88. The highest BCUT2D eigenvalue weighted by Gasteiger charge is 2.33. The molecule has 0 radical (unpaired) electrons. The van der Waals surface area contributed by atoms with Crippen molar-refractivity contribution in [3.63, 3.8) is 0 Å². The van der Waals surface area contributed by atoms with Gasteiger partial charge in [-0.3, -0.25) is 4.90 Å². The van der Waals surface area contributed by atoms with Crippen LogP contribution in [-0.4, -0.2) is 53.4 Å². The van der Waals surface area contributed by atoms with Gasteiger partial charge < -0.3 is 9.64 Å². The van der Waals surface area contributed by atoms with Crippen LogP contribution in [0.2, 0.25) is 0 Å². The monoisotopic (exact) mass is 336 g/mol. The van der Waals surface area contributed by atoms with E-state index >= 15 is 0 Å². The van der Waals surface area contributed by atoms with Crippen molar-refractivity contribution in [3.8, 4) is 0 Å². The summed E-state index contributed by atoms with van der Waals surface area (Å²) in [7, 11) is 0. The van der Waals surface area contributed by atoms with Crippen molar-refractivity contribution in [2.45, 2.75) is 44.7 Å². The zero-order chi connectivity index (χ0) is 17.0. The fourth-order valence-electron chi connectivity index (χ4n) is 2.90. The fraction of sp³-hybridized carbons (Fsp3) is 0.611. The Balaban J connectivity index is 2.01. The van der Waals surface area contributed by atoms with Crippen molar-refractivity contribution in [3.05, 3.63) is 35.9 Å². The maximum atomic E-state index is 12.3. The zero-order valence-electron chi connectivity index (χ0n) is 14.8. The first-order chi connectivity index (χ1) is 10.8. The van der Waals surface area contributed by atoms with Crippen LogP contribution in [0.1, 0.15) is 38.6 Å². The number of amides is 1. The predicted octanol–water partition coefficient (Wildman–Crippen LogP) is 3.99. The predicted molar refractivity (Wildman–Crippen MR) is 96.7 cm³/mol. The summed E-state index contributed by atoms with van der Waals surface area (Å²) >= 11 is 1.84. The highest BCUT2D eigenvalue weighted by atomic mass is 32.2. The van der Waals surface area contributed by atoms with Crippen LogP contribution in [0.5, 0.6) is 0 Å². The van der Waals surface area contributed by atoms with Gasteiger partial charge in [0.05, 0.1) is 5.37 Å². The lowest BCUT2D eigenvalue weighted by molar-refractivity contribution is 0.000107. The molecule has 1 heterocycles. The van der Waals surface area contributed by atoms with Gasteiger partial charge in [0, 0.05) is 25.7 Å². The van der Waals surface area contributed by atoms with Crippen LogP contribution in [0.3, 0.4) is 0 Å². The quantitative estimate of drug-likeness (QED) is 0.835. The Morgan fingerprint density at radius 2 is 1.91 bits per heavy atom. The first-order valence-electron chi connectivity index (χ1n) is 8.13. The molecule has 23 heavy (non-hydrogen) atoms. The molecule has 0 bridgehead atoms. The molecule has 5 heteroatoms. The van der Waals surface area contributed by atoms with Gasteiger partial charge in [0.15, 0.2) is 0 Å². The molecule has 0 saturated carbocycles. The van der Waals surface area contributed by atoms with Crippen LogP contribution in [-0.2, 0) is 4.74 Å². The SMILES string of the molecule is CSC(c1ccccc1)N1CCN(C(=O)OC(C)(C)C)[C@H](C)C1. The van der Waals surface area contributed by atoms with E-state index in [0.717, 1.165) is 13.1 Å². The van der Waals surface area contributed by atoms with Gasteiger partial charge in [-0.05, 0) is 39.5 Å². The number of hydrogen-bond donors (Lipinski definition) is 0. The lowest BCUT2D eigenvalue weighted by atomic mass is 10.1. The summed E-state index contributed by atoms with van der Waals surface area (Å²) in [5, 5.41) is 0.333. The Morgan fingerprint density at radius 1 is 1.26 bits per heavy atom. The van der Waals surface area contributed by atoms with Crippen LogP contribution >= 0.6 is 11.8 Å². The van der Waals surface area contributed by atoms with Crippen molar-refractivity contribution in [1.29, 1.82) is 0 Å². The minimum absolute atomic E-state index is 0.150. The summed E-state index contributed by atoms with van der Waals surface area (Å²) < 4.78 is 5.52. The van der Waals surface area contributed by atoms with E-state index in [1.54, 1.807) is 0 Å². The second-order valence-electron chi connectivity index (χ2n) is 7.02. The van der Waals surface area contributed by atoms with E-state index < -0.39 is 5.60 Å². The lowest BCUT2D eigenvalue weighted by Gasteiger charge is -2.43. The number of carbonyl (C=O) groups excluding carboxylic acids is 1. The molecule has 128 valence electrons. The third-order valence-corrected chi connectivity index (χ3v) is 4.94. The van der Waals surface area contributed by atoms with E-state index in [9.17, 15) is 4.79 Å². The van der Waals surface area contributed by atoms with Crippen molar-refractivity contribution in [2.24, 2.45) is 0 Å². The Hall–Kier alpha value is -1.20. The second kappa shape index (κ2) is 7.58. The Bertz CT molecular complexity index is 516. The van der Waals surface area contributed by atoms with Gasteiger partial charge in [0.2, 0.25) is 0 Å². The van der Waals surface area contributed by atoms with E-state index in [0.29, 0.717) is 11.9 Å². The first kappa shape index (κ1) is 18.1. The summed E-state index contributed by atoms with van der Waals surface area (Å²) in [5.41, 5.74) is 0.873. The van der Waals surface area contributed by atoms with Gasteiger partial charge in [-0.25, -0.2) is 4.79 Å². The minimum Gasteiger partial charge on any atom is -0.444 e. The summed E-state index contributed by atoms with van der Waals surface area (Å²) in [6, 6.07) is 10.7. The van der Waals surface area contributed by atoms with Gasteiger partial charge in [-0.1, -0.05) is 30.3 Å². The number of thioether (sulfide) groups is 1. The molecule has 1 aromatic rings. The Labute approximate surface area is 144 Å². The molecule has 1 aliphatic heterocycles. The number of benzene rings is 1. The maximum Gasteiger partial charge on any atom is 0.410 e. The Morgan fingerprint density at radius 3 is 2.43 bits per heavy atom. The van der Waals surface area contributed by atoms with Crippen LogP contribution < -0.4 is 0 Å². The summed E-state index contributed by atoms with van der Waals surface area (Å²) in [4.78, 5) is 16.6. The molecule has 0 N–H and O–H groups in total. The molecule has 1 saturated heterocycles. The van der Waals surface area contributed by atoms with Gasteiger partial charge in [-0.2, -0.15) is 0 Å². The normalized spacial score (nSPS) is 21.1. The molecule has 0 spiro atoms. The third-order valence-electron chi connectivity index (χ3n) is 3.93. The molecule has 2 rings (SSSR count). The van der Waals surface area contributed by atoms with E-state index in [-0.39, 0.29) is 12.1 Å². The maximum absolute atomic E-state index is 12.3. The summed E-state index contributed by atoms with van der Waals surface area (Å²) in [6.45, 7) is 10.3. The van der Waals surface area contributed by atoms with Crippen molar-refractivity contribution in [1.82, 2.24) is 9.80 Å². The van der Waals surface area contributed by atoms with Gasteiger partial charge >= 0.3 is 6.09 Å². The minimum atomic E-state index is -0.445. The van der Waals surface area contributed by atoms with E-state index in [4.69, 9.17) is 4.74 Å². The molecule has 1 aliphatic rings. The molecular formula is C18H28N2O2S. The highest BCUT2D eigenvalue weighted by Crippen LogP contribution is 2.32. The number of hydrogen-bond acceptors (Lipinski definition) is 4. The molecule has 0 aromatic heterocycles. The highest BCUT2D eigenvalue weighted by molar-refractivity contribution is 7.98. The Kier molecular flexibility index (Phi) is 5.98. The second-order valence-corrected chi connectivity index (χ2v) is 7.93. The number of rotatable bonds is 3. The summed E-state index contributed by atoms with van der Waals surface area (Å²) in [5.74, 6) is 0. The number of piperazine rings is 1. The molecule has 1 fully saturated rings. The first-order valence-corrected chi connectivity index (χ1v) is 9.42. The molecule has 4 nitrogen and oxygen atoms in total. The van der Waals surface area contributed by atoms with Crippen molar-refractivity contribution < 1.29 is 9.53 Å². The van der Waals surface area contributed by atoms with Crippen LogP contribution in [0, 0.1) is 0 Å². The van der Waals surface area contributed by atoms with E-state index in [2.05, 4.69) is 42.3 Å². The van der Waals surface area contributed by atoms with Crippen LogP contribution in [0.4, 0.5) is 4.79 Å². The number of carbonyl (C=O) groups is 1. The molecular weight excluding hydrogens is 308 g/mol. The fourth-order valence-corrected chi connectivity index (χ4v) is 3.82. The zero-order valence-corrected chi connectivity index (χ0v) is 15.6. The van der Waals surface area contributed by atoms with Crippen LogP contribution in [0.15, 0.2) is 30.3 Å². The molecule has 1 amide bonds. The van der Waals surface area contributed by atoms with Crippen molar-refractivity contribution >= 4 is 17.9 Å². The number of ether oxygens (including phenoxy) is 1. The van der Waals surface area contributed by atoms with Crippen LogP contribution in [0.25, 0.3) is 0 Å². The van der Waals surface area contributed by atoms with Gasteiger partial charge in [0.25, 0.3) is 0 Å². The molecule has 0 aliphatic carbocycles. The van der Waals surface area contributed by atoms with E-state index in [1.165, 1.54) is 5.56 Å². The number of nitrogens with zero attached hydrogens (tertiary/aromatic N) is 2. The molecule has 2 atom stereocenters. The lowest BCUT2D eigenvalue weighted by Crippen LogP contribution is -2.55. The average Bonchev–Trinajstić information content (AvgIpc) is 2.47. The van der Waals surface area contributed by atoms with Gasteiger partial charge in [-0.15, -0.1) is 11.8 Å². The topological polar surface area (TPSA) is 32.8 Å². The smallest absolute Gasteiger partial charge is 0.410 e.